The van der Waals surface area contributed by atoms with Crippen LogP contribution in [0.4, 0.5) is 0 Å². The van der Waals surface area contributed by atoms with Crippen molar-refractivity contribution in [2.24, 2.45) is 11.8 Å². The Morgan fingerprint density at radius 3 is 2.34 bits per heavy atom. The summed E-state index contributed by atoms with van der Waals surface area (Å²) in [5, 5.41) is 0. The van der Waals surface area contributed by atoms with Gasteiger partial charge in [0.2, 0.25) is 10.0 Å². The maximum atomic E-state index is 12.9. The van der Waals surface area contributed by atoms with Crippen molar-refractivity contribution in [2.75, 3.05) is 45.8 Å². The average Bonchev–Trinajstić information content (AvgIpc) is 2.74. The van der Waals surface area contributed by atoms with Gasteiger partial charge >= 0.3 is 0 Å². The molecule has 0 bridgehead atoms. The molecule has 1 aliphatic carbocycles. The average molecular weight is 421 g/mol. The van der Waals surface area contributed by atoms with Crippen molar-refractivity contribution >= 4 is 15.9 Å². The molecule has 0 radical (unpaired) electrons. The highest BCUT2D eigenvalue weighted by molar-refractivity contribution is 7.89. The molecule has 2 heterocycles. The van der Waals surface area contributed by atoms with Gasteiger partial charge in [-0.25, -0.2) is 8.42 Å². The Balaban J connectivity index is 1.28. The van der Waals surface area contributed by atoms with E-state index < -0.39 is 10.0 Å². The number of hydrogen-bond donors (Lipinski definition) is 1. The number of carbonyl (C=O) groups is 1. The Bertz CT molecular complexity index is 816. The number of aryl methyl sites for hydroxylation is 1. The second-order valence-corrected chi connectivity index (χ2v) is 11.0. The Kier molecular flexibility index (Phi) is 6.27. The van der Waals surface area contributed by atoms with Crippen LogP contribution in [-0.4, -0.2) is 69.3 Å². The fourth-order valence-electron chi connectivity index (χ4n) is 5.23. The summed E-state index contributed by atoms with van der Waals surface area (Å²) in [5.41, 5.74) is 1.05. The lowest BCUT2D eigenvalue weighted by atomic mass is 9.75. The zero-order valence-corrected chi connectivity index (χ0v) is 18.3. The van der Waals surface area contributed by atoms with E-state index >= 15 is 0 Å². The summed E-state index contributed by atoms with van der Waals surface area (Å²) in [7, 11) is -3.44. The molecular weight excluding hydrogens is 386 g/mol. The first-order chi connectivity index (χ1) is 13.9. The number of rotatable bonds is 4. The lowest BCUT2D eigenvalue weighted by Gasteiger charge is -2.41. The van der Waals surface area contributed by atoms with Gasteiger partial charge in [-0.1, -0.05) is 37.0 Å². The van der Waals surface area contributed by atoms with Crippen molar-refractivity contribution in [3.63, 3.8) is 0 Å². The van der Waals surface area contributed by atoms with Crippen molar-refractivity contribution < 1.29 is 18.1 Å². The molecule has 2 atom stereocenters. The van der Waals surface area contributed by atoms with Gasteiger partial charge in [-0.3, -0.25) is 4.79 Å². The van der Waals surface area contributed by atoms with Crippen LogP contribution in [0.3, 0.4) is 0 Å². The van der Waals surface area contributed by atoms with Crippen LogP contribution in [0.15, 0.2) is 29.2 Å². The third-order valence-electron chi connectivity index (χ3n) is 7.13. The fourth-order valence-corrected chi connectivity index (χ4v) is 6.67. The molecule has 2 saturated heterocycles. The van der Waals surface area contributed by atoms with Crippen LogP contribution >= 0.6 is 0 Å². The van der Waals surface area contributed by atoms with Gasteiger partial charge in [0.15, 0.2) is 6.54 Å². The Morgan fingerprint density at radius 2 is 1.66 bits per heavy atom. The number of nitrogens with zero attached hydrogens (tertiary/aromatic N) is 2. The number of likely N-dealkylation sites (tertiary alicyclic amines) is 1. The first kappa shape index (κ1) is 20.8. The largest absolute Gasteiger partial charge is 0.338 e. The number of sulfonamides is 1. The molecular formula is C22H34N3O3S+. The van der Waals surface area contributed by atoms with Crippen molar-refractivity contribution in [3.05, 3.63) is 29.8 Å². The number of quaternary nitrogens is 1. The Hall–Kier alpha value is -1.44. The zero-order chi connectivity index (χ0) is 20.4. The summed E-state index contributed by atoms with van der Waals surface area (Å²) >= 11 is 0. The molecule has 160 valence electrons. The summed E-state index contributed by atoms with van der Waals surface area (Å²) < 4.78 is 27.3. The van der Waals surface area contributed by atoms with Crippen molar-refractivity contribution in [1.29, 1.82) is 0 Å². The van der Waals surface area contributed by atoms with Gasteiger partial charge in [0.05, 0.1) is 31.1 Å². The molecule has 4 rings (SSSR count). The maximum Gasteiger partial charge on any atom is 0.277 e. The normalized spacial score (nSPS) is 26.9. The van der Waals surface area contributed by atoms with E-state index in [-0.39, 0.29) is 5.91 Å². The van der Waals surface area contributed by atoms with E-state index in [0.29, 0.717) is 43.5 Å². The summed E-state index contributed by atoms with van der Waals surface area (Å²) in [6.45, 7) is 6.62. The minimum absolute atomic E-state index is 0.249. The quantitative estimate of drug-likeness (QED) is 0.788. The summed E-state index contributed by atoms with van der Waals surface area (Å²) in [4.78, 5) is 16.5. The van der Waals surface area contributed by atoms with Crippen LogP contribution in [0.2, 0.25) is 0 Å². The fraction of sp³-hybridized carbons (Fsp3) is 0.682. The highest BCUT2D eigenvalue weighted by atomic mass is 32.2. The number of fused-ring (bicyclic) bond motifs is 1. The van der Waals surface area contributed by atoms with E-state index in [0.717, 1.165) is 31.0 Å². The smallest absolute Gasteiger partial charge is 0.277 e. The number of piperazine rings is 1. The van der Waals surface area contributed by atoms with Crippen LogP contribution in [0, 0.1) is 18.8 Å². The number of carbonyl (C=O) groups excluding carboxylic acids is 1. The predicted molar refractivity (Wildman–Crippen MR) is 112 cm³/mol. The summed E-state index contributed by atoms with van der Waals surface area (Å²) in [5.74, 6) is 1.78. The van der Waals surface area contributed by atoms with Gasteiger partial charge in [0.25, 0.3) is 5.91 Å². The van der Waals surface area contributed by atoms with Gasteiger partial charge in [-0.2, -0.15) is 4.31 Å². The van der Waals surface area contributed by atoms with Crippen LogP contribution < -0.4 is 4.90 Å². The van der Waals surface area contributed by atoms with Crippen LogP contribution in [0.1, 0.15) is 37.7 Å². The molecule has 1 aromatic carbocycles. The molecule has 0 aromatic heterocycles. The van der Waals surface area contributed by atoms with E-state index in [2.05, 4.69) is 4.90 Å². The minimum Gasteiger partial charge on any atom is -0.338 e. The third kappa shape index (κ3) is 4.67. The lowest BCUT2D eigenvalue weighted by molar-refractivity contribution is -0.896. The number of hydrogen-bond acceptors (Lipinski definition) is 3. The molecule has 7 heteroatoms. The molecule has 1 N–H and O–H groups in total. The van der Waals surface area contributed by atoms with Crippen LogP contribution in [0.25, 0.3) is 0 Å². The van der Waals surface area contributed by atoms with Crippen molar-refractivity contribution in [1.82, 2.24) is 9.21 Å². The van der Waals surface area contributed by atoms with Crippen LogP contribution in [-0.2, 0) is 14.8 Å². The first-order valence-corrected chi connectivity index (χ1v) is 12.6. The van der Waals surface area contributed by atoms with E-state index in [1.165, 1.54) is 30.6 Å². The van der Waals surface area contributed by atoms with E-state index in [1.54, 1.807) is 16.4 Å². The van der Waals surface area contributed by atoms with E-state index in [9.17, 15) is 13.2 Å². The van der Waals surface area contributed by atoms with Crippen molar-refractivity contribution in [3.8, 4) is 0 Å². The molecule has 3 aliphatic rings. The highest BCUT2D eigenvalue weighted by Crippen LogP contribution is 2.35. The lowest BCUT2D eigenvalue weighted by Crippen LogP contribution is -3.15. The second kappa shape index (κ2) is 8.74. The monoisotopic (exact) mass is 420 g/mol. The molecule has 6 nitrogen and oxygen atoms in total. The highest BCUT2D eigenvalue weighted by Gasteiger charge is 2.35. The second-order valence-electron chi connectivity index (χ2n) is 9.08. The third-order valence-corrected chi connectivity index (χ3v) is 9.05. The van der Waals surface area contributed by atoms with Crippen molar-refractivity contribution in [2.45, 2.75) is 43.9 Å². The van der Waals surface area contributed by atoms with Gasteiger partial charge in [-0.05, 0) is 43.7 Å². The Morgan fingerprint density at radius 1 is 1.00 bits per heavy atom. The molecule has 0 spiro atoms. The van der Waals surface area contributed by atoms with Gasteiger partial charge in [0.1, 0.15) is 0 Å². The van der Waals surface area contributed by atoms with Gasteiger partial charge in [-0.15, -0.1) is 0 Å². The minimum atomic E-state index is -3.44. The molecule has 1 amide bonds. The topological polar surface area (TPSA) is 62.1 Å². The number of benzene rings is 1. The number of piperidine rings is 1. The number of amides is 1. The molecule has 3 fully saturated rings. The summed E-state index contributed by atoms with van der Waals surface area (Å²) in [6, 6.07) is 7.04. The zero-order valence-electron chi connectivity index (χ0n) is 17.5. The first-order valence-electron chi connectivity index (χ1n) is 11.1. The molecule has 0 unspecified atom stereocenters. The maximum absolute atomic E-state index is 12.9. The Labute approximate surface area is 174 Å². The molecule has 1 saturated carbocycles. The number of nitrogens with one attached hydrogen (secondary N) is 1. The van der Waals surface area contributed by atoms with Gasteiger partial charge in [0, 0.05) is 13.1 Å². The summed E-state index contributed by atoms with van der Waals surface area (Å²) in [6.07, 6.45) is 6.45. The van der Waals surface area contributed by atoms with E-state index in [1.807, 2.05) is 19.1 Å². The molecule has 29 heavy (non-hydrogen) atoms. The predicted octanol–water partition coefficient (Wildman–Crippen LogP) is 0.923. The van der Waals surface area contributed by atoms with Crippen LogP contribution in [0.5, 0.6) is 0 Å². The molecule has 1 aromatic rings. The molecule has 2 aliphatic heterocycles. The SMILES string of the molecule is Cc1ccc(S(=O)(=O)N2CC[NH+](CC(=O)N3CC[C@@H]4CCCC[C@H]4C3)CC2)cc1. The standard InChI is InChI=1S/C22H33N3O3S/c1-18-6-8-21(9-7-18)29(27,28)25-14-12-23(13-15-25)17-22(26)24-11-10-19-4-2-3-5-20(19)16-24/h6-9,19-20H,2-5,10-17H2,1H3/p+1/t19-,20-/m0/s1. The van der Waals surface area contributed by atoms with E-state index in [4.69, 9.17) is 0 Å². The van der Waals surface area contributed by atoms with Gasteiger partial charge < -0.3 is 9.80 Å².